The minimum absolute atomic E-state index is 0.174. The molecule has 0 radical (unpaired) electrons. The van der Waals surface area contributed by atoms with Gasteiger partial charge in [0.15, 0.2) is 0 Å². The highest BCUT2D eigenvalue weighted by atomic mass is 16.5. The first-order valence-corrected chi connectivity index (χ1v) is 7.67. The van der Waals surface area contributed by atoms with Gasteiger partial charge in [-0.15, -0.1) is 5.10 Å². The van der Waals surface area contributed by atoms with Gasteiger partial charge in [0.05, 0.1) is 5.56 Å². The summed E-state index contributed by atoms with van der Waals surface area (Å²) >= 11 is 0. The number of fused-ring (bicyclic) bond motifs is 1. The van der Waals surface area contributed by atoms with Crippen molar-refractivity contribution in [2.45, 2.75) is 13.2 Å². The molecule has 1 unspecified atom stereocenters. The summed E-state index contributed by atoms with van der Waals surface area (Å²) in [6.45, 7) is 1.48. The van der Waals surface area contributed by atoms with Gasteiger partial charge in [0.25, 0.3) is 0 Å². The second kappa shape index (κ2) is 5.77. The number of rotatable bonds is 2. The minimum atomic E-state index is -0.580. The number of nitrogens with zero attached hydrogens (tertiary/aromatic N) is 3. The molecule has 0 fully saturated rings. The average Bonchev–Trinajstić information content (AvgIpc) is 3.07. The summed E-state index contributed by atoms with van der Waals surface area (Å²) in [5, 5.41) is 7.87. The third-order valence-electron chi connectivity index (χ3n) is 3.96. The predicted molar refractivity (Wildman–Crippen MR) is 91.1 cm³/mol. The number of pyridine rings is 1. The lowest BCUT2D eigenvalue weighted by molar-refractivity contribution is -0.135. The highest BCUT2D eigenvalue weighted by Crippen LogP contribution is 2.34. The summed E-state index contributed by atoms with van der Waals surface area (Å²) in [7, 11) is 0. The number of aromatic nitrogens is 1. The highest BCUT2D eigenvalue weighted by molar-refractivity contribution is 5.96. The lowest BCUT2D eigenvalue weighted by Gasteiger charge is -2.20. The Morgan fingerprint density at radius 1 is 1.08 bits per heavy atom. The number of amides is 1. The maximum atomic E-state index is 12.1. The van der Waals surface area contributed by atoms with E-state index in [0.29, 0.717) is 5.90 Å². The second-order valence-electron chi connectivity index (χ2n) is 5.55. The number of hydrazone groups is 1. The smallest absolute Gasteiger partial charge is 0.243 e. The molecule has 1 amide bonds. The van der Waals surface area contributed by atoms with E-state index in [0.717, 1.165) is 21.9 Å². The van der Waals surface area contributed by atoms with Crippen molar-refractivity contribution < 1.29 is 9.53 Å². The fraction of sp³-hybridized carbons (Fsp3) is 0.105. The number of ether oxygens (including phenoxy) is 1. The number of carbonyl (C=O) groups excluding carboxylic acids is 1. The first-order valence-electron chi connectivity index (χ1n) is 7.67. The standard InChI is InChI=1S/C19H15N3O2/c1-13(23)22-19(24-18(21-22)15-8-5-11-20-12-15)17-10-4-7-14-6-2-3-9-16(14)17/h2-12,19H,1H3. The summed E-state index contributed by atoms with van der Waals surface area (Å²) in [6, 6.07) is 17.6. The molecule has 2 aromatic carbocycles. The van der Waals surface area contributed by atoms with Gasteiger partial charge in [0.1, 0.15) is 0 Å². The van der Waals surface area contributed by atoms with Crippen molar-refractivity contribution in [1.29, 1.82) is 0 Å². The molecule has 1 aliphatic rings. The van der Waals surface area contributed by atoms with Gasteiger partial charge in [-0.2, -0.15) is 5.01 Å². The highest BCUT2D eigenvalue weighted by Gasteiger charge is 2.34. The Hall–Kier alpha value is -3.21. The van der Waals surface area contributed by atoms with E-state index < -0.39 is 6.23 Å². The van der Waals surface area contributed by atoms with Crippen LogP contribution in [0.25, 0.3) is 10.8 Å². The molecule has 3 aromatic rings. The lowest BCUT2D eigenvalue weighted by atomic mass is 10.0. The normalized spacial score (nSPS) is 16.8. The quantitative estimate of drug-likeness (QED) is 0.727. The Bertz CT molecular complexity index is 932. The van der Waals surface area contributed by atoms with E-state index in [1.165, 1.54) is 11.9 Å². The van der Waals surface area contributed by atoms with Crippen LogP contribution in [0.4, 0.5) is 0 Å². The Labute approximate surface area is 139 Å². The van der Waals surface area contributed by atoms with E-state index in [4.69, 9.17) is 4.74 Å². The molecular weight excluding hydrogens is 302 g/mol. The first kappa shape index (κ1) is 14.4. The molecule has 0 saturated heterocycles. The SMILES string of the molecule is CC(=O)N1N=C(c2cccnc2)OC1c1cccc2ccccc12. The molecule has 1 aliphatic heterocycles. The number of carbonyl (C=O) groups is 1. The second-order valence-corrected chi connectivity index (χ2v) is 5.55. The zero-order chi connectivity index (χ0) is 16.5. The summed E-state index contributed by atoms with van der Waals surface area (Å²) in [4.78, 5) is 16.1. The summed E-state index contributed by atoms with van der Waals surface area (Å²) in [5.41, 5.74) is 1.65. The molecule has 5 nitrogen and oxygen atoms in total. The van der Waals surface area contributed by atoms with E-state index in [2.05, 4.69) is 10.1 Å². The molecular formula is C19H15N3O2. The maximum Gasteiger partial charge on any atom is 0.243 e. The molecule has 0 N–H and O–H groups in total. The van der Waals surface area contributed by atoms with Crippen molar-refractivity contribution in [1.82, 2.24) is 9.99 Å². The van der Waals surface area contributed by atoms with E-state index in [9.17, 15) is 4.79 Å². The first-order chi connectivity index (χ1) is 11.7. The monoisotopic (exact) mass is 317 g/mol. The zero-order valence-corrected chi connectivity index (χ0v) is 13.1. The zero-order valence-electron chi connectivity index (χ0n) is 13.1. The summed E-state index contributed by atoms with van der Waals surface area (Å²) in [6.07, 6.45) is 2.77. The van der Waals surface area contributed by atoms with Crippen molar-refractivity contribution in [3.05, 3.63) is 78.1 Å². The molecule has 4 rings (SSSR count). The van der Waals surface area contributed by atoms with Crippen LogP contribution in [0.5, 0.6) is 0 Å². The molecule has 24 heavy (non-hydrogen) atoms. The lowest BCUT2D eigenvalue weighted by Crippen LogP contribution is -2.25. The van der Waals surface area contributed by atoms with E-state index in [-0.39, 0.29) is 5.91 Å². The van der Waals surface area contributed by atoms with Gasteiger partial charge in [0.2, 0.25) is 18.0 Å². The molecule has 1 aromatic heterocycles. The minimum Gasteiger partial charge on any atom is -0.446 e. The van der Waals surface area contributed by atoms with Crippen molar-refractivity contribution in [3.8, 4) is 0 Å². The van der Waals surface area contributed by atoms with Crippen molar-refractivity contribution in [3.63, 3.8) is 0 Å². The van der Waals surface area contributed by atoms with Crippen molar-refractivity contribution in [2.75, 3.05) is 0 Å². The average molecular weight is 317 g/mol. The van der Waals surface area contributed by atoms with Gasteiger partial charge in [-0.3, -0.25) is 9.78 Å². The van der Waals surface area contributed by atoms with Crippen LogP contribution in [0, 0.1) is 0 Å². The molecule has 0 aliphatic carbocycles. The molecule has 0 spiro atoms. The van der Waals surface area contributed by atoms with Crippen LogP contribution in [0.15, 0.2) is 72.1 Å². The topological polar surface area (TPSA) is 54.8 Å². The van der Waals surface area contributed by atoms with Crippen molar-refractivity contribution in [2.24, 2.45) is 5.10 Å². The maximum absolute atomic E-state index is 12.1. The number of hydrogen-bond acceptors (Lipinski definition) is 4. The van der Waals surface area contributed by atoms with Crippen molar-refractivity contribution >= 4 is 22.6 Å². The van der Waals surface area contributed by atoms with Crippen LogP contribution in [0.2, 0.25) is 0 Å². The third kappa shape index (κ3) is 2.40. The largest absolute Gasteiger partial charge is 0.446 e. The van der Waals surface area contributed by atoms with Crippen LogP contribution in [-0.4, -0.2) is 21.8 Å². The predicted octanol–water partition coefficient (Wildman–Crippen LogP) is 3.47. The fourth-order valence-corrected chi connectivity index (χ4v) is 2.84. The van der Waals surface area contributed by atoms with Gasteiger partial charge >= 0.3 is 0 Å². The van der Waals surface area contributed by atoms with Gasteiger partial charge in [-0.05, 0) is 22.9 Å². The molecule has 118 valence electrons. The van der Waals surface area contributed by atoms with Crippen LogP contribution >= 0.6 is 0 Å². The Balaban J connectivity index is 1.79. The van der Waals surface area contributed by atoms with E-state index in [1.807, 2.05) is 54.6 Å². The van der Waals surface area contributed by atoms with Crippen LogP contribution in [0.1, 0.15) is 24.3 Å². The Morgan fingerprint density at radius 2 is 1.92 bits per heavy atom. The van der Waals surface area contributed by atoms with Gasteiger partial charge in [-0.25, -0.2) is 0 Å². The number of hydrogen-bond donors (Lipinski definition) is 0. The third-order valence-corrected chi connectivity index (χ3v) is 3.96. The molecule has 2 heterocycles. The van der Waals surface area contributed by atoms with Gasteiger partial charge in [-0.1, -0.05) is 42.5 Å². The Morgan fingerprint density at radius 3 is 2.71 bits per heavy atom. The summed E-state index contributed by atoms with van der Waals surface area (Å²) in [5.74, 6) is 0.225. The molecule has 1 atom stereocenters. The fourth-order valence-electron chi connectivity index (χ4n) is 2.84. The van der Waals surface area contributed by atoms with Crippen LogP contribution < -0.4 is 0 Å². The van der Waals surface area contributed by atoms with Crippen LogP contribution in [0.3, 0.4) is 0 Å². The van der Waals surface area contributed by atoms with Gasteiger partial charge in [0, 0.05) is 24.9 Å². The molecule has 0 bridgehead atoms. The Kier molecular flexibility index (Phi) is 3.46. The summed E-state index contributed by atoms with van der Waals surface area (Å²) < 4.78 is 6.03. The van der Waals surface area contributed by atoms with E-state index >= 15 is 0 Å². The van der Waals surface area contributed by atoms with Crippen LogP contribution in [-0.2, 0) is 9.53 Å². The molecule has 5 heteroatoms. The van der Waals surface area contributed by atoms with E-state index in [1.54, 1.807) is 12.4 Å². The molecule has 0 saturated carbocycles. The number of benzene rings is 2. The van der Waals surface area contributed by atoms with Gasteiger partial charge < -0.3 is 4.74 Å².